The Bertz CT molecular complexity index is 1630. The van der Waals surface area contributed by atoms with Crippen molar-refractivity contribution in [3.05, 3.63) is 90.6 Å². The molecule has 0 spiro atoms. The molecule has 0 saturated carbocycles. The zero-order valence-electron chi connectivity index (χ0n) is 21.8. The Morgan fingerprint density at radius 1 is 1.11 bits per heavy atom. The SMILES string of the molecule is CCCCN1C(=O)/C(=c2/sc3n(c2=O)[C@@H](c2ccc(SC)cc2)C(C(=O)OCC)=C(C)N=3)c2ccccc21. The van der Waals surface area contributed by atoms with Gasteiger partial charge in [-0.2, -0.15) is 0 Å². The van der Waals surface area contributed by atoms with E-state index in [-0.39, 0.29) is 18.1 Å². The monoisotopic (exact) mass is 547 g/mol. The smallest absolute Gasteiger partial charge is 0.338 e. The number of thioether (sulfide) groups is 1. The normalized spacial score (nSPS) is 17.8. The van der Waals surface area contributed by atoms with Crippen molar-refractivity contribution < 1.29 is 14.3 Å². The third-order valence-electron chi connectivity index (χ3n) is 6.81. The number of allylic oxidation sites excluding steroid dienone is 1. The van der Waals surface area contributed by atoms with Gasteiger partial charge in [0.25, 0.3) is 11.5 Å². The van der Waals surface area contributed by atoms with Crippen LogP contribution in [0.2, 0.25) is 0 Å². The van der Waals surface area contributed by atoms with Crippen LogP contribution in [0.4, 0.5) is 5.69 Å². The molecule has 0 unspecified atom stereocenters. The maximum atomic E-state index is 14.2. The molecule has 0 saturated heterocycles. The molecule has 0 radical (unpaired) electrons. The van der Waals surface area contributed by atoms with Gasteiger partial charge in [0.1, 0.15) is 4.53 Å². The number of hydrogen-bond acceptors (Lipinski definition) is 7. The molecule has 0 fully saturated rings. The lowest BCUT2D eigenvalue weighted by molar-refractivity contribution is -0.139. The van der Waals surface area contributed by atoms with Crippen molar-refractivity contribution in [2.45, 2.75) is 44.6 Å². The summed E-state index contributed by atoms with van der Waals surface area (Å²) in [5, 5.41) is 0. The van der Waals surface area contributed by atoms with Crippen LogP contribution in [0, 0.1) is 0 Å². The fourth-order valence-corrected chi connectivity index (χ4v) is 6.53. The number of ether oxygens (including phenoxy) is 1. The second-order valence-corrected chi connectivity index (χ2v) is 11.0. The average molecular weight is 548 g/mol. The van der Waals surface area contributed by atoms with Crippen LogP contribution in [0.3, 0.4) is 0 Å². The molecule has 196 valence electrons. The van der Waals surface area contributed by atoms with Crippen LogP contribution >= 0.6 is 23.1 Å². The summed E-state index contributed by atoms with van der Waals surface area (Å²) >= 11 is 2.81. The van der Waals surface area contributed by atoms with Crippen molar-refractivity contribution in [2.24, 2.45) is 4.99 Å². The number of benzene rings is 2. The molecule has 3 aromatic rings. The first-order chi connectivity index (χ1) is 18.4. The Labute approximate surface area is 229 Å². The van der Waals surface area contributed by atoms with Gasteiger partial charge in [0.2, 0.25) is 0 Å². The Morgan fingerprint density at radius 3 is 2.53 bits per heavy atom. The number of aromatic nitrogens is 1. The van der Waals surface area contributed by atoms with Crippen LogP contribution < -0.4 is 19.8 Å². The number of nitrogens with zero attached hydrogens (tertiary/aromatic N) is 3. The minimum Gasteiger partial charge on any atom is -0.463 e. The highest BCUT2D eigenvalue weighted by Crippen LogP contribution is 2.36. The van der Waals surface area contributed by atoms with Crippen molar-refractivity contribution in [3.8, 4) is 0 Å². The van der Waals surface area contributed by atoms with E-state index in [2.05, 4.69) is 11.9 Å². The molecule has 1 atom stereocenters. The number of thiazole rings is 1. The molecular formula is C29H29N3O4S2. The molecule has 0 N–H and O–H groups in total. The standard InChI is InChI=1S/C29H29N3O4S2/c1-5-7-16-31-21-11-9-8-10-20(21)23(26(31)33)25-27(34)32-24(18-12-14-19(37-4)15-13-18)22(28(35)36-6-2)17(3)30-29(32)38-25/h8-15,24H,5-7,16H2,1-4H3/b25-23+/t24-/m0/s1. The van der Waals surface area contributed by atoms with E-state index in [0.29, 0.717) is 32.7 Å². The van der Waals surface area contributed by atoms with Crippen LogP contribution in [-0.2, 0) is 14.3 Å². The van der Waals surface area contributed by atoms with Gasteiger partial charge in [0.05, 0.1) is 35.2 Å². The molecule has 38 heavy (non-hydrogen) atoms. The number of rotatable bonds is 7. The molecule has 2 aromatic carbocycles. The Morgan fingerprint density at radius 2 is 1.84 bits per heavy atom. The molecular weight excluding hydrogens is 518 g/mol. The van der Waals surface area contributed by atoms with E-state index in [4.69, 9.17) is 4.74 Å². The molecule has 0 aliphatic carbocycles. The first-order valence-corrected chi connectivity index (χ1v) is 14.7. The third kappa shape index (κ3) is 4.33. The first-order valence-electron chi connectivity index (χ1n) is 12.7. The lowest BCUT2D eigenvalue weighted by Crippen LogP contribution is -2.41. The van der Waals surface area contributed by atoms with Gasteiger partial charge in [-0.25, -0.2) is 9.79 Å². The average Bonchev–Trinajstić information content (AvgIpc) is 3.38. The van der Waals surface area contributed by atoms with Gasteiger partial charge < -0.3 is 9.64 Å². The summed E-state index contributed by atoms with van der Waals surface area (Å²) < 4.78 is 7.27. The number of carbonyl (C=O) groups is 2. The van der Waals surface area contributed by atoms with E-state index < -0.39 is 12.0 Å². The molecule has 1 amide bonds. The number of hydrogen-bond donors (Lipinski definition) is 0. The second-order valence-electron chi connectivity index (χ2n) is 9.10. The molecule has 9 heteroatoms. The van der Waals surface area contributed by atoms with Crippen LogP contribution in [0.15, 0.2) is 74.5 Å². The zero-order chi connectivity index (χ0) is 27.0. The highest BCUT2D eigenvalue weighted by atomic mass is 32.2. The fourth-order valence-electron chi connectivity index (χ4n) is 4.98. The topological polar surface area (TPSA) is 81.0 Å². The van der Waals surface area contributed by atoms with E-state index in [9.17, 15) is 14.4 Å². The lowest BCUT2D eigenvalue weighted by Gasteiger charge is -2.24. The molecule has 0 bridgehead atoms. The zero-order valence-corrected chi connectivity index (χ0v) is 23.4. The van der Waals surface area contributed by atoms with Crippen LogP contribution in [-0.4, -0.2) is 35.9 Å². The van der Waals surface area contributed by atoms with Crippen molar-refractivity contribution in [2.75, 3.05) is 24.3 Å². The van der Waals surface area contributed by atoms with Gasteiger partial charge in [-0.05, 0) is 50.3 Å². The van der Waals surface area contributed by atoms with Crippen molar-refractivity contribution in [1.29, 1.82) is 0 Å². The number of para-hydroxylation sites is 1. The van der Waals surface area contributed by atoms with Crippen LogP contribution in [0.5, 0.6) is 0 Å². The van der Waals surface area contributed by atoms with E-state index >= 15 is 0 Å². The van der Waals surface area contributed by atoms with Gasteiger partial charge in [0.15, 0.2) is 4.80 Å². The van der Waals surface area contributed by atoms with Crippen molar-refractivity contribution in [3.63, 3.8) is 0 Å². The van der Waals surface area contributed by atoms with Gasteiger partial charge in [-0.1, -0.05) is 55.0 Å². The number of carbonyl (C=O) groups excluding carboxylic acids is 2. The second kappa shape index (κ2) is 10.7. The number of esters is 1. The highest BCUT2D eigenvalue weighted by molar-refractivity contribution is 7.98. The molecule has 3 heterocycles. The molecule has 2 aliphatic rings. The molecule has 7 nitrogen and oxygen atoms in total. The number of unbranched alkanes of at least 4 members (excludes halogenated alkanes) is 1. The van der Waals surface area contributed by atoms with E-state index in [1.807, 2.05) is 54.8 Å². The Hall–Kier alpha value is -3.43. The number of fused-ring (bicyclic) bond motifs is 2. The van der Waals surface area contributed by atoms with Gasteiger partial charge in [0, 0.05) is 17.0 Å². The maximum Gasteiger partial charge on any atom is 0.338 e. The molecule has 2 aliphatic heterocycles. The van der Waals surface area contributed by atoms with Crippen LogP contribution in [0.1, 0.15) is 50.8 Å². The fraction of sp³-hybridized carbons (Fsp3) is 0.310. The molecule has 1 aromatic heterocycles. The number of anilines is 1. The quantitative estimate of drug-likeness (QED) is 0.330. The predicted molar refractivity (Wildman–Crippen MR) is 151 cm³/mol. The third-order valence-corrected chi connectivity index (χ3v) is 8.61. The minimum atomic E-state index is -0.710. The minimum absolute atomic E-state index is 0.174. The van der Waals surface area contributed by atoms with Gasteiger partial charge in [-0.3, -0.25) is 14.2 Å². The largest absolute Gasteiger partial charge is 0.463 e. The summed E-state index contributed by atoms with van der Waals surface area (Å²) in [6, 6.07) is 14.7. The maximum absolute atomic E-state index is 14.2. The van der Waals surface area contributed by atoms with Crippen molar-refractivity contribution >= 4 is 46.2 Å². The summed E-state index contributed by atoms with van der Waals surface area (Å²) in [4.78, 5) is 49.0. The van der Waals surface area contributed by atoms with Gasteiger partial charge in [-0.15, -0.1) is 11.8 Å². The van der Waals surface area contributed by atoms with Crippen LogP contribution in [0.25, 0.3) is 5.57 Å². The van der Waals surface area contributed by atoms with E-state index in [1.54, 1.807) is 35.1 Å². The summed E-state index contributed by atoms with van der Waals surface area (Å²) in [7, 11) is 0. The Balaban J connectivity index is 1.77. The van der Waals surface area contributed by atoms with E-state index in [1.165, 1.54) is 11.3 Å². The van der Waals surface area contributed by atoms with E-state index in [0.717, 1.165) is 34.6 Å². The lowest BCUT2D eigenvalue weighted by atomic mass is 9.96. The molecule has 5 rings (SSSR count). The predicted octanol–water partition coefficient (Wildman–Crippen LogP) is 4.04. The summed E-state index contributed by atoms with van der Waals surface area (Å²) in [5.74, 6) is -0.675. The van der Waals surface area contributed by atoms with Gasteiger partial charge >= 0.3 is 5.97 Å². The first kappa shape index (κ1) is 26.2. The summed E-state index contributed by atoms with van der Waals surface area (Å²) in [5.41, 5.74) is 3.24. The summed E-state index contributed by atoms with van der Waals surface area (Å²) in [6.45, 7) is 6.39. The van der Waals surface area contributed by atoms with Crippen molar-refractivity contribution in [1.82, 2.24) is 4.57 Å². The Kier molecular flexibility index (Phi) is 7.40. The summed E-state index contributed by atoms with van der Waals surface area (Å²) in [6.07, 6.45) is 3.81. The highest BCUT2D eigenvalue weighted by Gasteiger charge is 2.37. The number of amides is 1.